The molecular formula is C49H32N2O. The highest BCUT2D eigenvalue weighted by atomic mass is 16.3. The fourth-order valence-electron chi connectivity index (χ4n) is 7.51. The molecule has 10 aromatic rings. The van der Waals surface area contributed by atoms with Crippen LogP contribution in [-0.2, 0) is 0 Å². The van der Waals surface area contributed by atoms with Crippen LogP contribution < -0.4 is 4.90 Å². The summed E-state index contributed by atoms with van der Waals surface area (Å²) in [5, 5.41) is 5.57. The van der Waals surface area contributed by atoms with E-state index in [2.05, 4.69) is 175 Å². The van der Waals surface area contributed by atoms with Gasteiger partial charge in [-0.25, -0.2) is 0 Å². The van der Waals surface area contributed by atoms with Gasteiger partial charge in [-0.15, -0.1) is 0 Å². The van der Waals surface area contributed by atoms with Crippen LogP contribution in [-0.4, -0.2) is 4.98 Å². The Bertz CT molecular complexity index is 2880. The summed E-state index contributed by atoms with van der Waals surface area (Å²) in [7, 11) is 0. The lowest BCUT2D eigenvalue weighted by atomic mass is 9.97. The molecule has 10 rings (SSSR count). The van der Waals surface area contributed by atoms with Crippen molar-refractivity contribution in [3.63, 3.8) is 0 Å². The van der Waals surface area contributed by atoms with Crippen molar-refractivity contribution in [2.24, 2.45) is 0 Å². The monoisotopic (exact) mass is 664 g/mol. The molecule has 0 aliphatic carbocycles. The van der Waals surface area contributed by atoms with E-state index in [0.717, 1.165) is 49.9 Å². The standard InChI is InChI=1S/C49H32N2O/c1-2-10-33(11-3-1)34-20-22-35(23-21-34)36-24-26-40(27-25-36)51(41-15-8-14-38(30-41)44-18-9-13-37-12-4-5-16-43(37)44)42-28-29-45-39(31-42)32-50-48-46-17-6-7-19-47(46)52-49(45)48/h1-32H. The first-order valence-corrected chi connectivity index (χ1v) is 17.6. The number of rotatable bonds is 6. The lowest BCUT2D eigenvalue weighted by Gasteiger charge is -2.26. The van der Waals surface area contributed by atoms with Crippen LogP contribution in [0.1, 0.15) is 0 Å². The van der Waals surface area contributed by atoms with Gasteiger partial charge in [0.2, 0.25) is 0 Å². The van der Waals surface area contributed by atoms with Crippen LogP contribution in [0.3, 0.4) is 0 Å². The van der Waals surface area contributed by atoms with Gasteiger partial charge in [0, 0.05) is 39.4 Å². The van der Waals surface area contributed by atoms with E-state index in [1.807, 2.05) is 24.4 Å². The number of hydrogen-bond donors (Lipinski definition) is 0. The minimum Gasteiger partial charge on any atom is -0.454 e. The number of pyridine rings is 1. The predicted molar refractivity (Wildman–Crippen MR) is 218 cm³/mol. The van der Waals surface area contributed by atoms with E-state index in [0.29, 0.717) is 0 Å². The Hall–Kier alpha value is -6.97. The Morgan fingerprint density at radius 2 is 0.981 bits per heavy atom. The SMILES string of the molecule is c1ccc(-c2ccc(-c3ccc(N(c4cccc(-c5cccc6ccccc56)c4)c4ccc5c(cnc6c7ccccc7oc56)c4)cc3)cc2)cc1. The number of hydrogen-bond acceptors (Lipinski definition) is 3. The molecule has 0 amide bonds. The molecule has 0 aliphatic heterocycles. The van der Waals surface area contributed by atoms with Gasteiger partial charge < -0.3 is 9.32 Å². The smallest absolute Gasteiger partial charge is 0.161 e. The summed E-state index contributed by atoms with van der Waals surface area (Å²) in [6, 6.07) is 66.8. The lowest BCUT2D eigenvalue weighted by molar-refractivity contribution is 0.672. The van der Waals surface area contributed by atoms with Gasteiger partial charge in [0.15, 0.2) is 5.58 Å². The summed E-state index contributed by atoms with van der Waals surface area (Å²) in [5.74, 6) is 0. The van der Waals surface area contributed by atoms with Crippen LogP contribution in [0.2, 0.25) is 0 Å². The Morgan fingerprint density at radius 3 is 1.79 bits per heavy atom. The summed E-state index contributed by atoms with van der Waals surface area (Å²) in [6.07, 6.45) is 1.97. The van der Waals surface area contributed by atoms with E-state index < -0.39 is 0 Å². The van der Waals surface area contributed by atoms with Gasteiger partial charge in [0.05, 0.1) is 0 Å². The average Bonchev–Trinajstić information content (AvgIpc) is 3.61. The molecule has 0 aliphatic rings. The number of nitrogens with zero attached hydrogens (tertiary/aromatic N) is 2. The van der Waals surface area contributed by atoms with Crippen molar-refractivity contribution >= 4 is 60.7 Å². The van der Waals surface area contributed by atoms with Crippen LogP contribution >= 0.6 is 0 Å². The largest absolute Gasteiger partial charge is 0.454 e. The third kappa shape index (κ3) is 5.19. The van der Waals surface area contributed by atoms with Gasteiger partial charge in [-0.2, -0.15) is 0 Å². The van der Waals surface area contributed by atoms with Gasteiger partial charge in [-0.05, 0) is 98.8 Å². The Balaban J connectivity index is 1.09. The van der Waals surface area contributed by atoms with Crippen molar-refractivity contribution < 1.29 is 4.42 Å². The maximum Gasteiger partial charge on any atom is 0.161 e. The van der Waals surface area contributed by atoms with E-state index in [1.165, 1.54) is 44.2 Å². The van der Waals surface area contributed by atoms with Crippen molar-refractivity contribution in [1.82, 2.24) is 4.98 Å². The summed E-state index contributed by atoms with van der Waals surface area (Å²) in [4.78, 5) is 7.22. The lowest BCUT2D eigenvalue weighted by Crippen LogP contribution is -2.10. The first-order valence-electron chi connectivity index (χ1n) is 17.6. The molecule has 2 heterocycles. The molecule has 8 aromatic carbocycles. The van der Waals surface area contributed by atoms with Crippen molar-refractivity contribution in [2.45, 2.75) is 0 Å². The van der Waals surface area contributed by atoms with Crippen LogP contribution in [0.4, 0.5) is 17.1 Å². The highest BCUT2D eigenvalue weighted by Gasteiger charge is 2.17. The summed E-state index contributed by atoms with van der Waals surface area (Å²) < 4.78 is 6.35. The third-order valence-electron chi connectivity index (χ3n) is 10.1. The van der Waals surface area contributed by atoms with Gasteiger partial charge in [0.1, 0.15) is 11.1 Å². The molecule has 52 heavy (non-hydrogen) atoms. The number of anilines is 3. The van der Waals surface area contributed by atoms with Crippen LogP contribution in [0.5, 0.6) is 0 Å². The summed E-state index contributed by atoms with van der Waals surface area (Å²) >= 11 is 0. The maximum atomic E-state index is 6.35. The number of para-hydroxylation sites is 1. The summed E-state index contributed by atoms with van der Waals surface area (Å²) in [5.41, 5.74) is 12.9. The molecule has 0 N–H and O–H groups in total. The molecule has 0 radical (unpaired) electrons. The zero-order valence-corrected chi connectivity index (χ0v) is 28.3. The highest BCUT2D eigenvalue weighted by molar-refractivity contribution is 6.13. The molecule has 2 aromatic heterocycles. The van der Waals surface area contributed by atoms with Crippen molar-refractivity contribution in [3.05, 3.63) is 194 Å². The van der Waals surface area contributed by atoms with Gasteiger partial charge in [0.25, 0.3) is 0 Å². The fourth-order valence-corrected chi connectivity index (χ4v) is 7.51. The third-order valence-corrected chi connectivity index (χ3v) is 10.1. The van der Waals surface area contributed by atoms with Crippen molar-refractivity contribution in [3.8, 4) is 33.4 Å². The molecule has 0 fully saturated rings. The average molecular weight is 665 g/mol. The second-order valence-electron chi connectivity index (χ2n) is 13.2. The molecule has 0 bridgehead atoms. The van der Waals surface area contributed by atoms with Crippen molar-refractivity contribution in [2.75, 3.05) is 4.90 Å². The molecule has 0 saturated heterocycles. The van der Waals surface area contributed by atoms with E-state index in [-0.39, 0.29) is 0 Å². The van der Waals surface area contributed by atoms with E-state index in [9.17, 15) is 0 Å². The molecule has 0 saturated carbocycles. The molecule has 244 valence electrons. The zero-order chi connectivity index (χ0) is 34.4. The molecular weight excluding hydrogens is 633 g/mol. The quantitative estimate of drug-likeness (QED) is 0.177. The number of fused-ring (bicyclic) bond motifs is 6. The van der Waals surface area contributed by atoms with Crippen LogP contribution in [0, 0.1) is 0 Å². The van der Waals surface area contributed by atoms with Gasteiger partial charge in [-0.3, -0.25) is 4.98 Å². The predicted octanol–water partition coefficient (Wildman–Crippen LogP) is 13.8. The zero-order valence-electron chi connectivity index (χ0n) is 28.3. The molecule has 3 nitrogen and oxygen atoms in total. The Morgan fingerprint density at radius 1 is 0.385 bits per heavy atom. The number of aromatic nitrogens is 1. The minimum absolute atomic E-state index is 0.817. The topological polar surface area (TPSA) is 29.3 Å². The van der Waals surface area contributed by atoms with E-state index in [1.54, 1.807) is 0 Å². The molecule has 0 unspecified atom stereocenters. The van der Waals surface area contributed by atoms with Gasteiger partial charge >= 0.3 is 0 Å². The minimum atomic E-state index is 0.817. The Kier molecular flexibility index (Phi) is 7.14. The number of furan rings is 1. The highest BCUT2D eigenvalue weighted by Crippen LogP contribution is 2.41. The first kappa shape index (κ1) is 29.9. The second kappa shape index (κ2) is 12.4. The van der Waals surface area contributed by atoms with E-state index in [4.69, 9.17) is 9.40 Å². The van der Waals surface area contributed by atoms with Crippen LogP contribution in [0.25, 0.3) is 77.0 Å². The molecule has 0 atom stereocenters. The van der Waals surface area contributed by atoms with E-state index >= 15 is 0 Å². The molecule has 3 heteroatoms. The molecule has 0 spiro atoms. The van der Waals surface area contributed by atoms with Gasteiger partial charge in [-0.1, -0.05) is 133 Å². The van der Waals surface area contributed by atoms with Crippen LogP contribution in [0.15, 0.2) is 199 Å². The van der Waals surface area contributed by atoms with Crippen molar-refractivity contribution in [1.29, 1.82) is 0 Å². The fraction of sp³-hybridized carbons (Fsp3) is 0. The maximum absolute atomic E-state index is 6.35. The summed E-state index contributed by atoms with van der Waals surface area (Å²) in [6.45, 7) is 0. The Labute approximate surface area is 301 Å². The normalized spacial score (nSPS) is 11.5. The number of benzene rings is 8. The first-order chi connectivity index (χ1) is 25.8. The second-order valence-corrected chi connectivity index (χ2v) is 13.2.